The van der Waals surface area contributed by atoms with Crippen molar-refractivity contribution in [3.8, 4) is 90.1 Å². The maximum absolute atomic E-state index is 15.7. The molecule has 12 aromatic carbocycles. The van der Waals surface area contributed by atoms with E-state index >= 15 is 35.1 Å². The topological polar surface area (TPSA) is 109 Å². The van der Waals surface area contributed by atoms with Crippen LogP contribution in [0, 0.1) is 46.5 Å². The molecule has 0 unspecified atom stereocenters. The molecular formula is C72H34F8N8. The molecule has 0 fully saturated rings. The number of fused-ring (bicyclic) bond motifs is 24. The van der Waals surface area contributed by atoms with Gasteiger partial charge in [0, 0.05) is 90.3 Å². The Hall–Kier alpha value is -11.5. The number of aromatic nitrogens is 8. The van der Waals surface area contributed by atoms with Crippen LogP contribution in [-0.4, -0.2) is 39.9 Å². The van der Waals surface area contributed by atoms with Crippen molar-refractivity contribution in [2.45, 2.75) is 0 Å². The van der Waals surface area contributed by atoms with E-state index in [0.717, 1.165) is 24.3 Å². The van der Waals surface area contributed by atoms with E-state index in [9.17, 15) is 0 Å². The van der Waals surface area contributed by atoms with E-state index in [1.165, 1.54) is 48.5 Å². The molecular weight excluding hydrogens is 1130 g/mol. The van der Waals surface area contributed by atoms with E-state index in [0.29, 0.717) is 109 Å². The molecule has 2 aliphatic rings. The van der Waals surface area contributed by atoms with Crippen molar-refractivity contribution in [1.29, 1.82) is 0 Å². The van der Waals surface area contributed by atoms with Gasteiger partial charge in [-0.25, -0.2) is 65.0 Å². The summed E-state index contributed by atoms with van der Waals surface area (Å²) in [6, 6.07) is 49.4. The fourth-order valence-electron chi connectivity index (χ4n) is 13.1. The van der Waals surface area contributed by atoms with Gasteiger partial charge in [0.15, 0.2) is 23.3 Å². The fourth-order valence-corrected chi connectivity index (χ4v) is 13.1. The molecule has 3 aromatic heterocycles. The predicted molar refractivity (Wildman–Crippen MR) is 327 cm³/mol. The molecule has 0 radical (unpaired) electrons. The standard InChI is InChI=1S/C72H34F8N8/c73-41-17-37(18-42(74)29-41)57-49-13-5-1-9-33(49)25-53-61(57)69-81-65(53)85-70-62-54(26-34-10-2-6-14-50(34)58(62)38-19-43(75)30-44(76)20-38)67(82-70)87-72-64-56(28-36-12-4-8-16-52(36)60(64)40-23-47(79)32-48(80)24-40)68(84-72)88-71-63-55(66(83-71)86-69)27-35-11-3-7-15-51(35)59(63)39-21-45(77)31-46(78)22-39/h1-32H,(H2,81,82,83,84,85,86,87,88). The average Bonchev–Trinajstić information content (AvgIpc) is 1.73. The average molecular weight is 1160 g/mol. The number of halogens is 8. The van der Waals surface area contributed by atoms with Crippen LogP contribution >= 0.6 is 0 Å². The zero-order chi connectivity index (χ0) is 59.4. The highest BCUT2D eigenvalue weighted by Gasteiger charge is 2.31. The molecule has 5 heterocycles. The first-order valence-corrected chi connectivity index (χ1v) is 27.7. The third-order valence-electron chi connectivity index (χ3n) is 16.5. The van der Waals surface area contributed by atoms with Gasteiger partial charge < -0.3 is 9.97 Å². The molecule has 0 amide bonds. The Kier molecular flexibility index (Phi) is 11.0. The van der Waals surface area contributed by atoms with Crippen LogP contribution in [0.5, 0.6) is 0 Å². The van der Waals surface area contributed by atoms with E-state index in [1.54, 1.807) is 24.3 Å². The van der Waals surface area contributed by atoms with E-state index in [1.807, 2.05) is 97.1 Å². The van der Waals surface area contributed by atoms with Gasteiger partial charge in [0.1, 0.15) is 69.1 Å². The van der Waals surface area contributed by atoms with E-state index in [2.05, 4.69) is 9.97 Å². The molecule has 0 aliphatic carbocycles. The Labute approximate surface area is 490 Å². The summed E-state index contributed by atoms with van der Waals surface area (Å²) >= 11 is 0. The van der Waals surface area contributed by atoms with E-state index < -0.39 is 46.5 Å². The number of H-pyrrole nitrogens is 2. The summed E-state index contributed by atoms with van der Waals surface area (Å²) < 4.78 is 126. The van der Waals surface area contributed by atoms with E-state index in [-0.39, 0.29) is 68.1 Å². The van der Waals surface area contributed by atoms with Crippen LogP contribution < -0.4 is 0 Å². The molecule has 418 valence electrons. The molecule has 17 rings (SSSR count). The molecule has 0 saturated heterocycles. The van der Waals surface area contributed by atoms with Gasteiger partial charge in [-0.1, -0.05) is 97.1 Å². The summed E-state index contributed by atoms with van der Waals surface area (Å²) in [7, 11) is 0. The summed E-state index contributed by atoms with van der Waals surface area (Å²) in [5, 5.41) is 6.41. The van der Waals surface area contributed by atoms with Crippen molar-refractivity contribution in [2.75, 3.05) is 0 Å². The molecule has 0 spiro atoms. The van der Waals surface area contributed by atoms with Crippen molar-refractivity contribution >= 4 is 87.2 Å². The summed E-state index contributed by atoms with van der Waals surface area (Å²) in [5.74, 6) is -6.62. The normalized spacial score (nSPS) is 12.1. The highest BCUT2D eigenvalue weighted by molar-refractivity contribution is 6.24. The van der Waals surface area contributed by atoms with Gasteiger partial charge in [-0.2, -0.15) is 0 Å². The Morgan fingerprint density at radius 1 is 0.227 bits per heavy atom. The van der Waals surface area contributed by atoms with Gasteiger partial charge in [0.2, 0.25) is 0 Å². The Balaban J connectivity index is 1.13. The number of benzene rings is 12. The Morgan fingerprint density at radius 2 is 0.500 bits per heavy atom. The fraction of sp³-hybridized carbons (Fsp3) is 0. The van der Waals surface area contributed by atoms with Gasteiger partial charge in [-0.05, 0) is 138 Å². The van der Waals surface area contributed by atoms with Crippen molar-refractivity contribution in [1.82, 2.24) is 39.9 Å². The quantitative estimate of drug-likeness (QED) is 0.170. The molecule has 2 aliphatic heterocycles. The van der Waals surface area contributed by atoms with Gasteiger partial charge in [0.05, 0.1) is 0 Å². The monoisotopic (exact) mass is 1160 g/mol. The first-order valence-electron chi connectivity index (χ1n) is 27.7. The lowest BCUT2D eigenvalue weighted by Gasteiger charge is -2.14. The van der Waals surface area contributed by atoms with Crippen LogP contribution in [0.4, 0.5) is 35.1 Å². The van der Waals surface area contributed by atoms with Crippen LogP contribution in [0.15, 0.2) is 194 Å². The number of hydrogen-bond donors (Lipinski definition) is 2. The maximum Gasteiger partial charge on any atom is 0.165 e. The predicted octanol–water partition coefficient (Wildman–Crippen LogP) is 19.3. The van der Waals surface area contributed by atoms with Crippen LogP contribution in [0.3, 0.4) is 0 Å². The minimum absolute atomic E-state index is 0.0173. The lowest BCUT2D eigenvalue weighted by molar-refractivity contribution is 0.583. The number of nitrogens with one attached hydrogen (secondary N) is 2. The Bertz CT molecular complexity index is 5400. The van der Waals surface area contributed by atoms with Crippen molar-refractivity contribution in [3.63, 3.8) is 0 Å². The van der Waals surface area contributed by atoms with Crippen molar-refractivity contribution in [3.05, 3.63) is 241 Å². The number of hydrogen-bond acceptors (Lipinski definition) is 6. The second-order valence-corrected chi connectivity index (χ2v) is 21.8. The van der Waals surface area contributed by atoms with E-state index in [4.69, 9.17) is 29.9 Å². The number of aromatic amines is 2. The van der Waals surface area contributed by atoms with Crippen LogP contribution in [-0.2, 0) is 0 Å². The first-order chi connectivity index (χ1) is 42.8. The largest absolute Gasteiger partial charge is 0.324 e. The molecule has 8 bridgehead atoms. The molecule has 8 nitrogen and oxygen atoms in total. The first kappa shape index (κ1) is 50.9. The van der Waals surface area contributed by atoms with Crippen LogP contribution in [0.25, 0.3) is 177 Å². The van der Waals surface area contributed by atoms with Gasteiger partial charge >= 0.3 is 0 Å². The van der Waals surface area contributed by atoms with Crippen molar-refractivity contribution in [2.24, 2.45) is 0 Å². The molecule has 88 heavy (non-hydrogen) atoms. The van der Waals surface area contributed by atoms with Crippen LogP contribution in [0.1, 0.15) is 0 Å². The summed E-state index contributed by atoms with van der Waals surface area (Å²) in [4.78, 5) is 38.9. The summed E-state index contributed by atoms with van der Waals surface area (Å²) in [6.45, 7) is 0. The Morgan fingerprint density at radius 3 is 0.830 bits per heavy atom. The number of rotatable bonds is 4. The smallest absolute Gasteiger partial charge is 0.165 e. The maximum atomic E-state index is 15.7. The third kappa shape index (κ3) is 7.98. The summed E-state index contributed by atoms with van der Waals surface area (Å²) in [6.07, 6.45) is 0. The lowest BCUT2D eigenvalue weighted by atomic mass is 9.90. The van der Waals surface area contributed by atoms with Gasteiger partial charge in [-0.3, -0.25) is 0 Å². The lowest BCUT2D eigenvalue weighted by Crippen LogP contribution is -1.92. The zero-order valence-electron chi connectivity index (χ0n) is 45.2. The highest BCUT2D eigenvalue weighted by Crippen LogP contribution is 2.50. The van der Waals surface area contributed by atoms with Crippen LogP contribution in [0.2, 0.25) is 0 Å². The molecule has 16 heteroatoms. The minimum atomic E-state index is -0.845. The third-order valence-corrected chi connectivity index (χ3v) is 16.5. The summed E-state index contributed by atoms with van der Waals surface area (Å²) in [5.41, 5.74) is 3.93. The second-order valence-electron chi connectivity index (χ2n) is 21.8. The molecule has 0 atom stereocenters. The van der Waals surface area contributed by atoms with Crippen molar-refractivity contribution < 1.29 is 35.1 Å². The second kappa shape index (κ2) is 19.0. The highest BCUT2D eigenvalue weighted by atomic mass is 19.2. The SMILES string of the molecule is Fc1cc(F)cc(-c2c3c(cc4ccccc24)-c2nc-3nc3[nH]c(nc4nc(nc5[nH]c(n2)c2c(-c6cc(F)cc(F)c6)c6ccccc6cc52)-c2c-4cc4ccccc4c2-c2cc(F)cc(F)c2)c2c(-c4cc(F)cc(F)c4)c4ccccc4cc32)c1. The number of nitrogens with zero attached hydrogens (tertiary/aromatic N) is 6. The molecule has 0 saturated carbocycles. The molecule has 2 N–H and O–H groups in total. The van der Waals surface area contributed by atoms with Gasteiger partial charge in [-0.15, -0.1) is 0 Å². The zero-order valence-corrected chi connectivity index (χ0v) is 45.2. The minimum Gasteiger partial charge on any atom is -0.324 e. The molecule has 15 aromatic rings. The van der Waals surface area contributed by atoms with Gasteiger partial charge in [0.25, 0.3) is 0 Å².